The van der Waals surface area contributed by atoms with Gasteiger partial charge >= 0.3 is 0 Å². The van der Waals surface area contributed by atoms with Gasteiger partial charge in [-0.25, -0.2) is 4.39 Å². The Labute approximate surface area is 142 Å². The lowest BCUT2D eigenvalue weighted by Crippen LogP contribution is -2.33. The van der Waals surface area contributed by atoms with Crippen LogP contribution in [0.3, 0.4) is 0 Å². The molecule has 24 heavy (non-hydrogen) atoms. The summed E-state index contributed by atoms with van der Waals surface area (Å²) in [5, 5.41) is 14.6. The monoisotopic (exact) mass is 335 g/mol. The summed E-state index contributed by atoms with van der Waals surface area (Å²) in [6.07, 6.45) is 1.40. The number of benzene rings is 1. The molecule has 0 bridgehead atoms. The molecular weight excluding hydrogens is 309 g/mol. The van der Waals surface area contributed by atoms with Crippen LogP contribution in [0.4, 0.5) is 4.39 Å². The highest BCUT2D eigenvalue weighted by atomic mass is 19.1. The maximum atomic E-state index is 12.8. The summed E-state index contributed by atoms with van der Waals surface area (Å²) in [5.74, 6) is 0.605. The van der Waals surface area contributed by atoms with Crippen LogP contribution in [0.25, 0.3) is 0 Å². The van der Waals surface area contributed by atoms with Crippen LogP contribution < -0.4 is 4.74 Å². The van der Waals surface area contributed by atoms with E-state index in [4.69, 9.17) is 4.74 Å². The minimum atomic E-state index is -0.626. The molecule has 1 atom stereocenters. The van der Waals surface area contributed by atoms with Crippen molar-refractivity contribution in [1.29, 1.82) is 0 Å². The Morgan fingerprint density at radius 2 is 1.96 bits per heavy atom. The predicted molar refractivity (Wildman–Crippen MR) is 91.5 cm³/mol. The zero-order chi connectivity index (χ0) is 17.7. The second kappa shape index (κ2) is 8.26. The summed E-state index contributed by atoms with van der Waals surface area (Å²) in [6.45, 7) is 5.61. The summed E-state index contributed by atoms with van der Waals surface area (Å²) in [5.41, 5.74) is 2.25. The van der Waals surface area contributed by atoms with Gasteiger partial charge < -0.3 is 9.84 Å². The SMILES string of the molecule is CC(C)c1nn(C)cc1CN(C)CC(O)COc1ccc(F)cc1. The number of aryl methyl sites for hydroxylation is 1. The van der Waals surface area contributed by atoms with Crippen LogP contribution in [-0.4, -0.2) is 46.1 Å². The zero-order valence-electron chi connectivity index (χ0n) is 14.7. The van der Waals surface area contributed by atoms with Crippen molar-refractivity contribution in [2.75, 3.05) is 20.2 Å². The van der Waals surface area contributed by atoms with Crippen LogP contribution in [0, 0.1) is 5.82 Å². The highest BCUT2D eigenvalue weighted by molar-refractivity contribution is 5.22. The lowest BCUT2D eigenvalue weighted by atomic mass is 10.1. The number of nitrogens with zero attached hydrogens (tertiary/aromatic N) is 3. The molecule has 1 N–H and O–H groups in total. The van der Waals surface area contributed by atoms with E-state index in [1.807, 2.05) is 29.9 Å². The fourth-order valence-corrected chi connectivity index (χ4v) is 2.65. The molecule has 1 aromatic heterocycles. The van der Waals surface area contributed by atoms with E-state index in [9.17, 15) is 9.50 Å². The van der Waals surface area contributed by atoms with Gasteiger partial charge in [0.05, 0.1) is 5.69 Å². The molecule has 0 aliphatic carbocycles. The fourth-order valence-electron chi connectivity index (χ4n) is 2.65. The number of rotatable bonds is 8. The third kappa shape index (κ3) is 5.32. The molecular formula is C18H26FN3O2. The summed E-state index contributed by atoms with van der Waals surface area (Å²) < 4.78 is 20.1. The summed E-state index contributed by atoms with van der Waals surface area (Å²) >= 11 is 0. The van der Waals surface area contributed by atoms with E-state index in [0.717, 1.165) is 12.2 Å². The fraction of sp³-hybridized carbons (Fsp3) is 0.500. The topological polar surface area (TPSA) is 50.5 Å². The zero-order valence-corrected chi connectivity index (χ0v) is 14.7. The van der Waals surface area contributed by atoms with Crippen molar-refractivity contribution >= 4 is 0 Å². The highest BCUT2D eigenvalue weighted by Gasteiger charge is 2.15. The van der Waals surface area contributed by atoms with Crippen LogP contribution in [-0.2, 0) is 13.6 Å². The Balaban J connectivity index is 1.83. The molecule has 132 valence electrons. The summed E-state index contributed by atoms with van der Waals surface area (Å²) in [4.78, 5) is 2.04. The van der Waals surface area contributed by atoms with Gasteiger partial charge in [0, 0.05) is 31.9 Å². The second-order valence-corrected chi connectivity index (χ2v) is 6.48. The molecule has 6 heteroatoms. The number of halogens is 1. The first-order valence-corrected chi connectivity index (χ1v) is 8.12. The normalized spacial score (nSPS) is 12.8. The van der Waals surface area contributed by atoms with Crippen molar-refractivity contribution in [2.45, 2.75) is 32.4 Å². The molecule has 0 radical (unpaired) electrons. The number of aliphatic hydroxyl groups is 1. The Bertz CT molecular complexity index is 640. The molecule has 5 nitrogen and oxygen atoms in total. The van der Waals surface area contributed by atoms with E-state index < -0.39 is 6.10 Å². The van der Waals surface area contributed by atoms with E-state index >= 15 is 0 Å². The van der Waals surface area contributed by atoms with E-state index in [-0.39, 0.29) is 12.4 Å². The Hall–Kier alpha value is -1.92. The number of hydrogen-bond acceptors (Lipinski definition) is 4. The average molecular weight is 335 g/mol. The van der Waals surface area contributed by atoms with Gasteiger partial charge in [-0.2, -0.15) is 5.10 Å². The van der Waals surface area contributed by atoms with E-state index in [1.54, 1.807) is 12.1 Å². The van der Waals surface area contributed by atoms with Crippen molar-refractivity contribution < 1.29 is 14.2 Å². The third-order valence-electron chi connectivity index (χ3n) is 3.70. The predicted octanol–water partition coefficient (Wildman–Crippen LogP) is 2.55. The molecule has 0 spiro atoms. The van der Waals surface area contributed by atoms with Crippen LogP contribution >= 0.6 is 0 Å². The molecule has 0 saturated heterocycles. The molecule has 0 amide bonds. The van der Waals surface area contributed by atoms with Gasteiger partial charge in [0.15, 0.2) is 0 Å². The standard InChI is InChI=1S/C18H26FN3O2/c1-13(2)18-14(10-22(4)20-18)9-21(3)11-16(23)12-24-17-7-5-15(19)6-8-17/h5-8,10,13,16,23H,9,11-12H2,1-4H3. The molecule has 1 unspecified atom stereocenters. The van der Waals surface area contributed by atoms with Gasteiger partial charge in [-0.3, -0.25) is 9.58 Å². The first-order valence-electron chi connectivity index (χ1n) is 8.12. The number of hydrogen-bond donors (Lipinski definition) is 1. The van der Waals surface area contributed by atoms with Crippen molar-refractivity contribution in [1.82, 2.24) is 14.7 Å². The summed E-state index contributed by atoms with van der Waals surface area (Å²) in [6, 6.07) is 5.78. The molecule has 0 fully saturated rings. The second-order valence-electron chi connectivity index (χ2n) is 6.48. The largest absolute Gasteiger partial charge is 0.491 e. The Kier molecular flexibility index (Phi) is 6.34. The summed E-state index contributed by atoms with van der Waals surface area (Å²) in [7, 11) is 3.87. The van der Waals surface area contributed by atoms with E-state index in [2.05, 4.69) is 18.9 Å². The molecule has 2 aromatic rings. The van der Waals surface area contributed by atoms with E-state index in [1.165, 1.54) is 17.7 Å². The lowest BCUT2D eigenvalue weighted by molar-refractivity contribution is 0.0743. The number of aliphatic hydroxyl groups excluding tert-OH is 1. The molecule has 2 rings (SSSR count). The number of aromatic nitrogens is 2. The molecule has 0 aliphatic rings. The first-order chi connectivity index (χ1) is 11.3. The van der Waals surface area contributed by atoms with Crippen molar-refractivity contribution in [3.63, 3.8) is 0 Å². The molecule has 1 heterocycles. The quantitative estimate of drug-likeness (QED) is 0.805. The minimum absolute atomic E-state index is 0.167. The van der Waals surface area contributed by atoms with Crippen LogP contribution in [0.2, 0.25) is 0 Å². The van der Waals surface area contributed by atoms with Crippen LogP contribution in [0.15, 0.2) is 30.5 Å². The van der Waals surface area contributed by atoms with E-state index in [0.29, 0.717) is 18.2 Å². The Morgan fingerprint density at radius 1 is 1.29 bits per heavy atom. The van der Waals surface area contributed by atoms with Crippen LogP contribution in [0.5, 0.6) is 5.75 Å². The highest BCUT2D eigenvalue weighted by Crippen LogP contribution is 2.18. The molecule has 1 aromatic carbocycles. The Morgan fingerprint density at radius 3 is 2.58 bits per heavy atom. The third-order valence-corrected chi connectivity index (χ3v) is 3.70. The molecule has 0 saturated carbocycles. The lowest BCUT2D eigenvalue weighted by Gasteiger charge is -2.21. The van der Waals surface area contributed by atoms with Gasteiger partial charge in [0.2, 0.25) is 0 Å². The first kappa shape index (κ1) is 18.4. The van der Waals surface area contributed by atoms with Crippen molar-refractivity contribution in [3.05, 3.63) is 47.5 Å². The van der Waals surface area contributed by atoms with Gasteiger partial charge in [0.1, 0.15) is 24.3 Å². The molecule has 0 aliphatic heterocycles. The van der Waals surface area contributed by atoms with Gasteiger partial charge in [-0.1, -0.05) is 13.8 Å². The smallest absolute Gasteiger partial charge is 0.123 e. The van der Waals surface area contributed by atoms with Gasteiger partial charge in [-0.15, -0.1) is 0 Å². The van der Waals surface area contributed by atoms with Crippen molar-refractivity contribution in [2.24, 2.45) is 7.05 Å². The maximum Gasteiger partial charge on any atom is 0.123 e. The van der Waals surface area contributed by atoms with Gasteiger partial charge in [0.25, 0.3) is 0 Å². The van der Waals surface area contributed by atoms with Gasteiger partial charge in [-0.05, 0) is 37.2 Å². The number of ether oxygens (including phenoxy) is 1. The maximum absolute atomic E-state index is 12.8. The average Bonchev–Trinajstić information content (AvgIpc) is 2.87. The van der Waals surface area contributed by atoms with Crippen molar-refractivity contribution in [3.8, 4) is 5.75 Å². The minimum Gasteiger partial charge on any atom is -0.491 e. The number of likely N-dealkylation sites (N-methyl/N-ethyl adjacent to an activating group) is 1. The van der Waals surface area contributed by atoms with Crippen LogP contribution in [0.1, 0.15) is 31.0 Å².